The Hall–Kier alpha value is -2.77. The molecule has 3 rings (SSSR count). The maximum absolute atomic E-state index is 13.2. The quantitative estimate of drug-likeness (QED) is 0.0307. The van der Waals surface area contributed by atoms with Crippen LogP contribution in [-0.4, -0.2) is 193 Å². The summed E-state index contributed by atoms with van der Waals surface area (Å²) in [6.45, 7) is 1.49. The zero-order valence-electron chi connectivity index (χ0n) is 45.2. The zero-order chi connectivity index (χ0) is 55.5. The number of hydrogen-bond donors (Lipinski definition) is 12. The molecule has 0 saturated carbocycles. The van der Waals surface area contributed by atoms with E-state index < -0.39 is 124 Å². The van der Waals surface area contributed by atoms with Gasteiger partial charge < -0.3 is 89.9 Å². The molecule has 0 aromatic rings. The van der Waals surface area contributed by atoms with Gasteiger partial charge in [0.15, 0.2) is 18.9 Å². The average molecular weight is 1080 g/mol. The number of hydrogen-bond acceptors (Lipinski definition) is 18. The number of carbonyl (C=O) groups is 1. The molecule has 0 aromatic carbocycles. The summed E-state index contributed by atoms with van der Waals surface area (Å²) < 4.78 is 34.0. The van der Waals surface area contributed by atoms with Gasteiger partial charge in [0.1, 0.15) is 73.2 Å². The Morgan fingerprint density at radius 2 is 0.908 bits per heavy atom. The molecule has 0 aromatic heterocycles. The molecule has 12 N–H and O–H groups in total. The Morgan fingerprint density at radius 3 is 1.41 bits per heavy atom. The van der Waals surface area contributed by atoms with Crippen LogP contribution >= 0.6 is 0 Å². The van der Waals surface area contributed by atoms with Gasteiger partial charge in [-0.25, -0.2) is 0 Å². The van der Waals surface area contributed by atoms with E-state index in [-0.39, 0.29) is 18.9 Å². The van der Waals surface area contributed by atoms with Crippen molar-refractivity contribution in [1.82, 2.24) is 5.32 Å². The van der Waals surface area contributed by atoms with E-state index in [0.29, 0.717) is 19.3 Å². The first-order chi connectivity index (χ1) is 36.8. The van der Waals surface area contributed by atoms with Gasteiger partial charge in [-0.3, -0.25) is 4.79 Å². The van der Waals surface area contributed by atoms with Crippen molar-refractivity contribution in [2.24, 2.45) is 0 Å². The lowest BCUT2D eigenvalue weighted by Crippen LogP contribution is -2.66. The van der Waals surface area contributed by atoms with Gasteiger partial charge in [0.25, 0.3) is 0 Å². The van der Waals surface area contributed by atoms with E-state index in [0.717, 1.165) is 89.9 Å². The summed E-state index contributed by atoms with van der Waals surface area (Å²) in [6, 6.07) is -0.891. The molecular formula is C57H97NO18. The van der Waals surface area contributed by atoms with Gasteiger partial charge in [-0.1, -0.05) is 151 Å². The van der Waals surface area contributed by atoms with Crippen LogP contribution in [0.1, 0.15) is 149 Å². The highest BCUT2D eigenvalue weighted by Crippen LogP contribution is 2.33. The molecule has 0 radical (unpaired) electrons. The van der Waals surface area contributed by atoms with Crippen LogP contribution in [0.25, 0.3) is 0 Å². The van der Waals surface area contributed by atoms with Crippen LogP contribution in [0.15, 0.2) is 72.9 Å². The van der Waals surface area contributed by atoms with Crippen molar-refractivity contribution in [3.8, 4) is 0 Å². The number of aliphatic hydroxyl groups is 11. The Morgan fingerprint density at radius 1 is 0.487 bits per heavy atom. The minimum Gasteiger partial charge on any atom is -0.394 e. The first-order valence-electron chi connectivity index (χ1n) is 28.2. The predicted molar refractivity (Wildman–Crippen MR) is 286 cm³/mol. The van der Waals surface area contributed by atoms with E-state index in [1.165, 1.54) is 19.3 Å². The van der Waals surface area contributed by atoms with Gasteiger partial charge in [0.05, 0.1) is 38.6 Å². The van der Waals surface area contributed by atoms with E-state index >= 15 is 0 Å². The standard InChI is InChI=1S/C57H97NO18/c1-3-5-7-9-10-11-12-13-14-15-16-17-18-19-20-21-22-23-24-25-26-27-28-29-30-31-33-35-45(63)58-40(41(62)34-32-8-6-4-2)39-71-55-51(69)48(66)53(43(37-60)73-55)76-57-52(70)49(67)54(44(38-61)74-57)75-56-50(68)47(65)46(64)42(36-59)72-56/h5,7,10-11,13-14,16-17,19-20,22-23,40-44,46-57,59-62,64-70H,3-4,6,8-9,12,15,18,21,24-39H2,1-2H3,(H,58,63)/b7-5-,11-10-,14-13-,17-16-,20-19-,23-22-. The molecule has 438 valence electrons. The van der Waals surface area contributed by atoms with Crippen LogP contribution in [0.4, 0.5) is 0 Å². The van der Waals surface area contributed by atoms with Crippen LogP contribution < -0.4 is 5.32 Å². The molecule has 0 aliphatic carbocycles. The third kappa shape index (κ3) is 24.7. The SMILES string of the molecule is CC/C=C\C/C=C\C/C=C\C/C=C\C/C=C\C/C=C\CCCCCCCCCCC(=O)NC(COC1OC(CO)C(OC2OC(CO)C(OC3OC(CO)C(O)C(O)C3O)C(O)C2O)C(O)C1O)C(O)CCCCCC. The van der Waals surface area contributed by atoms with Gasteiger partial charge >= 0.3 is 0 Å². The third-order valence-corrected chi connectivity index (χ3v) is 13.8. The largest absolute Gasteiger partial charge is 0.394 e. The van der Waals surface area contributed by atoms with E-state index in [2.05, 4.69) is 92.1 Å². The van der Waals surface area contributed by atoms with Gasteiger partial charge in [-0.15, -0.1) is 0 Å². The van der Waals surface area contributed by atoms with Crippen molar-refractivity contribution in [3.63, 3.8) is 0 Å². The van der Waals surface area contributed by atoms with E-state index in [1.807, 2.05) is 0 Å². The summed E-state index contributed by atoms with van der Waals surface area (Å²) in [5.41, 5.74) is 0. The molecule has 17 atom stereocenters. The number of unbranched alkanes of at least 4 members (excludes halogenated alkanes) is 11. The van der Waals surface area contributed by atoms with Crippen molar-refractivity contribution < 1.29 is 89.4 Å². The Bertz CT molecular complexity index is 1670. The molecule has 17 unspecified atom stereocenters. The van der Waals surface area contributed by atoms with Crippen molar-refractivity contribution in [1.29, 1.82) is 0 Å². The second kappa shape index (κ2) is 40.4. The maximum atomic E-state index is 13.2. The molecule has 19 nitrogen and oxygen atoms in total. The minimum atomic E-state index is -1.97. The highest BCUT2D eigenvalue weighted by atomic mass is 16.8. The van der Waals surface area contributed by atoms with Crippen molar-refractivity contribution in [2.75, 3.05) is 26.4 Å². The number of allylic oxidation sites excluding steroid dienone is 12. The number of aliphatic hydroxyl groups excluding tert-OH is 11. The van der Waals surface area contributed by atoms with Gasteiger partial charge in [-0.05, 0) is 64.2 Å². The third-order valence-electron chi connectivity index (χ3n) is 13.8. The smallest absolute Gasteiger partial charge is 0.220 e. The zero-order valence-corrected chi connectivity index (χ0v) is 45.2. The molecule has 3 aliphatic rings. The molecule has 1 amide bonds. The topological polar surface area (TPSA) is 307 Å². The van der Waals surface area contributed by atoms with E-state index in [9.17, 15) is 61.0 Å². The van der Waals surface area contributed by atoms with Crippen molar-refractivity contribution in [3.05, 3.63) is 72.9 Å². The minimum absolute atomic E-state index is 0.249. The summed E-state index contributed by atoms with van der Waals surface area (Å²) >= 11 is 0. The molecule has 3 heterocycles. The molecule has 3 fully saturated rings. The van der Waals surface area contributed by atoms with E-state index in [4.69, 9.17) is 28.4 Å². The monoisotopic (exact) mass is 1080 g/mol. The molecular weight excluding hydrogens is 987 g/mol. The number of nitrogens with one attached hydrogen (secondary N) is 1. The van der Waals surface area contributed by atoms with Crippen LogP contribution in [0.5, 0.6) is 0 Å². The van der Waals surface area contributed by atoms with Crippen LogP contribution in [0.3, 0.4) is 0 Å². The molecule has 76 heavy (non-hydrogen) atoms. The number of ether oxygens (including phenoxy) is 6. The van der Waals surface area contributed by atoms with E-state index in [1.54, 1.807) is 0 Å². The fourth-order valence-corrected chi connectivity index (χ4v) is 9.14. The van der Waals surface area contributed by atoms with Crippen LogP contribution in [0.2, 0.25) is 0 Å². The summed E-state index contributed by atoms with van der Waals surface area (Å²) in [7, 11) is 0. The van der Waals surface area contributed by atoms with Crippen LogP contribution in [-0.2, 0) is 33.2 Å². The fourth-order valence-electron chi connectivity index (χ4n) is 9.14. The summed E-state index contributed by atoms with van der Waals surface area (Å²) in [5.74, 6) is -0.266. The van der Waals surface area contributed by atoms with Crippen molar-refractivity contribution >= 4 is 5.91 Å². The Labute approximate surface area is 451 Å². The molecule has 0 spiro atoms. The first-order valence-corrected chi connectivity index (χ1v) is 28.2. The molecule has 19 heteroatoms. The highest BCUT2D eigenvalue weighted by molar-refractivity contribution is 5.76. The lowest BCUT2D eigenvalue weighted by molar-refractivity contribution is -0.379. The second-order valence-electron chi connectivity index (χ2n) is 20.0. The first kappa shape index (κ1) is 67.5. The molecule has 0 bridgehead atoms. The lowest BCUT2D eigenvalue weighted by Gasteiger charge is -2.48. The predicted octanol–water partition coefficient (Wildman–Crippen LogP) is 3.87. The second-order valence-corrected chi connectivity index (χ2v) is 20.0. The van der Waals surface area contributed by atoms with Gasteiger partial charge in [-0.2, -0.15) is 0 Å². The van der Waals surface area contributed by atoms with Gasteiger partial charge in [0.2, 0.25) is 5.91 Å². The van der Waals surface area contributed by atoms with Crippen LogP contribution in [0, 0.1) is 0 Å². The number of amides is 1. The lowest BCUT2D eigenvalue weighted by atomic mass is 9.96. The Kier molecular flexibility index (Phi) is 35.9. The average Bonchev–Trinajstić information content (AvgIpc) is 3.42. The van der Waals surface area contributed by atoms with Gasteiger partial charge in [0, 0.05) is 6.42 Å². The fraction of sp³-hybridized carbons (Fsp3) is 0.772. The maximum Gasteiger partial charge on any atom is 0.220 e. The molecule has 3 aliphatic heterocycles. The Balaban J connectivity index is 1.37. The number of carbonyl (C=O) groups excluding carboxylic acids is 1. The number of rotatable bonds is 39. The normalized spacial score (nSPS) is 31.5. The molecule has 3 saturated heterocycles. The summed E-state index contributed by atoms with van der Waals surface area (Å²) in [4.78, 5) is 13.2. The van der Waals surface area contributed by atoms with Crippen molar-refractivity contribution in [2.45, 2.75) is 253 Å². The summed E-state index contributed by atoms with van der Waals surface area (Å²) in [5, 5.41) is 119. The summed E-state index contributed by atoms with van der Waals surface area (Å²) in [6.07, 6.45) is 19.5. The highest BCUT2D eigenvalue weighted by Gasteiger charge is 2.53.